The highest BCUT2D eigenvalue weighted by molar-refractivity contribution is 7.10. The maximum atomic E-state index is 12.3. The van der Waals surface area contributed by atoms with E-state index in [0.717, 1.165) is 13.0 Å². The molecule has 0 spiro atoms. The first kappa shape index (κ1) is 15.8. The average molecular weight is 356 g/mol. The van der Waals surface area contributed by atoms with Crippen LogP contribution in [0.1, 0.15) is 23.4 Å². The topological polar surface area (TPSA) is 33.5 Å². The lowest BCUT2D eigenvalue weighted by Gasteiger charge is -2.29. The molecule has 1 unspecified atom stereocenters. The van der Waals surface area contributed by atoms with E-state index >= 15 is 0 Å². The van der Waals surface area contributed by atoms with Crippen molar-refractivity contribution in [3.05, 3.63) is 50.1 Å². The molecule has 1 aromatic carbocycles. The number of halogens is 2. The Morgan fingerprint density at radius 2 is 2.23 bits per heavy atom. The molecule has 2 N–H and O–H groups in total. The average Bonchev–Trinajstić information content (AvgIpc) is 2.96. The molecule has 0 saturated carbocycles. The summed E-state index contributed by atoms with van der Waals surface area (Å²) in [5, 5.41) is 5.83. The number of carbonyl (C=O) groups is 1. The molecule has 0 fully saturated rings. The number of fused-ring (bicyclic) bond motifs is 1. The summed E-state index contributed by atoms with van der Waals surface area (Å²) in [6.07, 6.45) is 1.04. The van der Waals surface area contributed by atoms with E-state index < -0.39 is 0 Å². The van der Waals surface area contributed by atoms with Crippen LogP contribution in [0, 0.1) is 0 Å². The molecule has 1 amide bonds. The normalized spacial score (nSPS) is 20.5. The Kier molecular flexibility index (Phi) is 4.73. The zero-order valence-corrected chi connectivity index (χ0v) is 14.5. The SMILES string of the molecule is C[C@@H]1c2ccsc2CC[NH+]1CC(=O)Nc1cccc(Cl)c1Cl. The molecule has 22 heavy (non-hydrogen) atoms. The van der Waals surface area contributed by atoms with Crippen molar-refractivity contribution >= 4 is 46.1 Å². The van der Waals surface area contributed by atoms with Crippen LogP contribution >= 0.6 is 34.5 Å². The first-order chi connectivity index (χ1) is 10.6. The van der Waals surface area contributed by atoms with Crippen molar-refractivity contribution in [1.29, 1.82) is 0 Å². The first-order valence-electron chi connectivity index (χ1n) is 7.21. The van der Waals surface area contributed by atoms with Crippen molar-refractivity contribution in [3.8, 4) is 0 Å². The molecule has 3 rings (SSSR count). The van der Waals surface area contributed by atoms with E-state index in [2.05, 4.69) is 23.7 Å². The fourth-order valence-electron chi connectivity index (χ4n) is 2.89. The number of benzene rings is 1. The van der Waals surface area contributed by atoms with Crippen molar-refractivity contribution in [2.75, 3.05) is 18.4 Å². The van der Waals surface area contributed by atoms with E-state index in [1.165, 1.54) is 15.3 Å². The molecule has 0 saturated heterocycles. The second-order valence-electron chi connectivity index (χ2n) is 5.51. The minimum atomic E-state index is -0.0373. The number of nitrogens with one attached hydrogen (secondary N) is 2. The van der Waals surface area contributed by atoms with E-state index in [-0.39, 0.29) is 5.91 Å². The summed E-state index contributed by atoms with van der Waals surface area (Å²) in [6, 6.07) is 7.76. The lowest BCUT2D eigenvalue weighted by atomic mass is 10.0. The standard InChI is InChI=1S/C16H16Cl2N2OS/c1-10-11-6-8-22-14(11)5-7-20(10)9-15(21)19-13-4-2-3-12(17)16(13)18/h2-4,6,8,10H,5,7,9H2,1H3,(H,19,21)/p+1/t10-/m1/s1. The van der Waals surface area contributed by atoms with Crippen LogP contribution in [0.2, 0.25) is 10.0 Å². The number of hydrogen-bond donors (Lipinski definition) is 2. The minimum absolute atomic E-state index is 0.0373. The zero-order chi connectivity index (χ0) is 15.7. The van der Waals surface area contributed by atoms with Crippen LogP contribution in [0.15, 0.2) is 29.6 Å². The van der Waals surface area contributed by atoms with Gasteiger partial charge in [0.15, 0.2) is 6.54 Å². The summed E-state index contributed by atoms with van der Waals surface area (Å²) in [6.45, 7) is 3.59. The highest BCUT2D eigenvalue weighted by Crippen LogP contribution is 2.29. The third kappa shape index (κ3) is 3.15. The van der Waals surface area contributed by atoms with Crippen LogP contribution in [-0.4, -0.2) is 19.0 Å². The summed E-state index contributed by atoms with van der Waals surface area (Å²) < 4.78 is 0. The van der Waals surface area contributed by atoms with Gasteiger partial charge in [0.25, 0.3) is 5.91 Å². The molecule has 1 aliphatic heterocycles. The van der Waals surface area contributed by atoms with E-state index in [0.29, 0.717) is 28.3 Å². The first-order valence-corrected chi connectivity index (χ1v) is 8.84. The van der Waals surface area contributed by atoms with E-state index in [9.17, 15) is 4.79 Å². The van der Waals surface area contributed by atoms with E-state index in [1.807, 2.05) is 11.3 Å². The van der Waals surface area contributed by atoms with Gasteiger partial charge in [-0.3, -0.25) is 4.79 Å². The zero-order valence-electron chi connectivity index (χ0n) is 12.2. The third-order valence-corrected chi connectivity index (χ3v) is 5.96. The Labute approximate surface area is 143 Å². The maximum Gasteiger partial charge on any atom is 0.279 e. The highest BCUT2D eigenvalue weighted by atomic mass is 35.5. The summed E-state index contributed by atoms with van der Waals surface area (Å²) >= 11 is 13.9. The Morgan fingerprint density at radius 1 is 1.41 bits per heavy atom. The number of quaternary nitrogens is 1. The molecule has 116 valence electrons. The van der Waals surface area contributed by atoms with Crippen LogP contribution in [0.4, 0.5) is 5.69 Å². The molecule has 2 heterocycles. The van der Waals surface area contributed by atoms with Gasteiger partial charge in [0, 0.05) is 16.9 Å². The van der Waals surface area contributed by atoms with Crippen LogP contribution in [0.25, 0.3) is 0 Å². The summed E-state index contributed by atoms with van der Waals surface area (Å²) in [5.41, 5.74) is 1.94. The summed E-state index contributed by atoms with van der Waals surface area (Å²) in [7, 11) is 0. The number of amides is 1. The lowest BCUT2D eigenvalue weighted by molar-refractivity contribution is -0.923. The van der Waals surface area contributed by atoms with Gasteiger partial charge in [-0.25, -0.2) is 0 Å². The van der Waals surface area contributed by atoms with Crippen LogP contribution in [0.3, 0.4) is 0 Å². The van der Waals surface area contributed by atoms with Crippen molar-refractivity contribution in [3.63, 3.8) is 0 Å². The van der Waals surface area contributed by atoms with Crippen molar-refractivity contribution in [1.82, 2.24) is 0 Å². The van der Waals surface area contributed by atoms with Gasteiger partial charge in [0.1, 0.15) is 6.04 Å². The molecule has 1 aliphatic rings. The van der Waals surface area contributed by atoms with Gasteiger partial charge in [-0.05, 0) is 30.5 Å². The molecule has 1 aromatic heterocycles. The molecular weight excluding hydrogens is 339 g/mol. The van der Waals surface area contributed by atoms with Gasteiger partial charge in [-0.1, -0.05) is 29.3 Å². The molecule has 3 nitrogen and oxygen atoms in total. The Bertz CT molecular complexity index is 701. The summed E-state index contributed by atoms with van der Waals surface area (Å²) in [5.74, 6) is -0.0373. The summed E-state index contributed by atoms with van der Waals surface area (Å²) in [4.78, 5) is 15.0. The number of carbonyl (C=O) groups excluding carboxylic acids is 1. The van der Waals surface area contributed by atoms with Gasteiger partial charge < -0.3 is 10.2 Å². The van der Waals surface area contributed by atoms with Crippen molar-refractivity contribution in [2.45, 2.75) is 19.4 Å². The predicted molar refractivity (Wildman–Crippen MR) is 92.2 cm³/mol. The lowest BCUT2D eigenvalue weighted by Crippen LogP contribution is -3.14. The Balaban J connectivity index is 1.67. The minimum Gasteiger partial charge on any atom is -0.321 e. The maximum absolute atomic E-state index is 12.3. The molecule has 0 radical (unpaired) electrons. The van der Waals surface area contributed by atoms with Crippen molar-refractivity contribution < 1.29 is 9.69 Å². The van der Waals surface area contributed by atoms with Gasteiger partial charge >= 0.3 is 0 Å². The molecule has 6 heteroatoms. The predicted octanol–water partition coefficient (Wildman–Crippen LogP) is 3.20. The monoisotopic (exact) mass is 355 g/mol. The fourth-order valence-corrected chi connectivity index (χ4v) is 4.22. The van der Waals surface area contributed by atoms with Crippen LogP contribution < -0.4 is 10.2 Å². The molecule has 0 aliphatic carbocycles. The number of anilines is 1. The van der Waals surface area contributed by atoms with Gasteiger partial charge in [0.05, 0.1) is 22.3 Å². The Hall–Kier alpha value is -1.07. The second-order valence-corrected chi connectivity index (χ2v) is 7.29. The van der Waals surface area contributed by atoms with Crippen LogP contribution in [0.5, 0.6) is 0 Å². The van der Waals surface area contributed by atoms with Gasteiger partial charge in [0.2, 0.25) is 0 Å². The molecule has 2 aromatic rings. The van der Waals surface area contributed by atoms with Crippen LogP contribution in [-0.2, 0) is 11.2 Å². The fraction of sp³-hybridized carbons (Fsp3) is 0.312. The molecule has 2 atom stereocenters. The highest BCUT2D eigenvalue weighted by Gasteiger charge is 2.29. The van der Waals surface area contributed by atoms with Crippen molar-refractivity contribution in [2.24, 2.45) is 0 Å². The second kappa shape index (κ2) is 6.59. The quantitative estimate of drug-likeness (QED) is 0.870. The number of thiophene rings is 1. The van der Waals surface area contributed by atoms with Gasteiger partial charge in [-0.2, -0.15) is 0 Å². The molecular formula is C16H17Cl2N2OS+. The Morgan fingerprint density at radius 3 is 3.05 bits per heavy atom. The molecule has 0 bridgehead atoms. The number of hydrogen-bond acceptors (Lipinski definition) is 2. The largest absolute Gasteiger partial charge is 0.321 e. The van der Waals surface area contributed by atoms with Gasteiger partial charge in [-0.15, -0.1) is 11.3 Å². The number of rotatable bonds is 3. The third-order valence-electron chi connectivity index (χ3n) is 4.15. The van der Waals surface area contributed by atoms with E-state index in [1.54, 1.807) is 18.2 Å². The van der Waals surface area contributed by atoms with E-state index in [4.69, 9.17) is 23.2 Å². The smallest absolute Gasteiger partial charge is 0.279 e.